The molecule has 0 aliphatic carbocycles. The number of aryl methyl sites for hydroxylation is 1. The Balaban J connectivity index is 1.94. The van der Waals surface area contributed by atoms with Gasteiger partial charge in [0.2, 0.25) is 21.8 Å². The molecule has 0 spiro atoms. The molecule has 2 unspecified atom stereocenters. The lowest BCUT2D eigenvalue weighted by Gasteiger charge is -2.33. The average molecular weight is 667 g/mol. The third-order valence-corrected chi connectivity index (χ3v) is 9.22. The Morgan fingerprint density at radius 3 is 2.23 bits per heavy atom. The SMILES string of the molecule is CCC(C)NC(=O)C(Cc1ccccc1)N(Cc1ccc(Cl)cc1Cl)C(=O)CCCN(c1cc(Cl)ccc1C)S(C)(=O)=O. The molecule has 3 aromatic rings. The van der Waals surface area contributed by atoms with Crippen LogP contribution >= 0.6 is 34.8 Å². The Morgan fingerprint density at radius 2 is 1.60 bits per heavy atom. The highest BCUT2D eigenvalue weighted by molar-refractivity contribution is 7.92. The van der Waals surface area contributed by atoms with Crippen molar-refractivity contribution in [3.8, 4) is 0 Å². The maximum atomic E-state index is 14.0. The van der Waals surface area contributed by atoms with Crippen molar-refractivity contribution < 1.29 is 18.0 Å². The second-order valence-corrected chi connectivity index (χ2v) is 13.8. The minimum atomic E-state index is -3.66. The maximum absolute atomic E-state index is 14.0. The summed E-state index contributed by atoms with van der Waals surface area (Å²) in [4.78, 5) is 29.2. The van der Waals surface area contributed by atoms with Gasteiger partial charge in [0.15, 0.2) is 0 Å². The van der Waals surface area contributed by atoms with Gasteiger partial charge in [-0.3, -0.25) is 13.9 Å². The molecular weight excluding hydrogens is 629 g/mol. The molecule has 0 saturated carbocycles. The van der Waals surface area contributed by atoms with E-state index in [1.165, 1.54) is 9.21 Å². The normalized spacial score (nSPS) is 12.8. The molecule has 7 nitrogen and oxygen atoms in total. The van der Waals surface area contributed by atoms with Crippen molar-refractivity contribution in [1.82, 2.24) is 10.2 Å². The zero-order chi connectivity index (χ0) is 31.7. The number of nitrogens with one attached hydrogen (secondary N) is 1. The molecule has 11 heteroatoms. The molecule has 232 valence electrons. The first-order chi connectivity index (χ1) is 20.3. The van der Waals surface area contributed by atoms with Gasteiger partial charge in [0.25, 0.3) is 0 Å². The van der Waals surface area contributed by atoms with Gasteiger partial charge in [-0.05, 0) is 67.6 Å². The molecular formula is C32H38Cl3N3O4S. The van der Waals surface area contributed by atoms with Crippen molar-refractivity contribution in [2.75, 3.05) is 17.1 Å². The van der Waals surface area contributed by atoms with Crippen molar-refractivity contribution in [3.63, 3.8) is 0 Å². The number of hydrogen-bond acceptors (Lipinski definition) is 4. The van der Waals surface area contributed by atoms with Crippen LogP contribution in [0.3, 0.4) is 0 Å². The highest BCUT2D eigenvalue weighted by atomic mass is 35.5. The lowest BCUT2D eigenvalue weighted by atomic mass is 10.0. The molecule has 2 atom stereocenters. The lowest BCUT2D eigenvalue weighted by molar-refractivity contribution is -0.141. The molecule has 0 saturated heterocycles. The highest BCUT2D eigenvalue weighted by Gasteiger charge is 2.31. The first kappa shape index (κ1) is 34.7. The summed E-state index contributed by atoms with van der Waals surface area (Å²) >= 11 is 18.8. The molecule has 0 heterocycles. The fraction of sp³-hybridized carbons (Fsp3) is 0.375. The summed E-state index contributed by atoms with van der Waals surface area (Å²) in [5.74, 6) is -0.577. The molecule has 1 N–H and O–H groups in total. The van der Waals surface area contributed by atoms with E-state index in [0.29, 0.717) is 26.3 Å². The van der Waals surface area contributed by atoms with Crippen molar-refractivity contribution >= 4 is 62.3 Å². The first-order valence-electron chi connectivity index (χ1n) is 14.1. The molecule has 0 bridgehead atoms. The van der Waals surface area contributed by atoms with E-state index in [9.17, 15) is 18.0 Å². The van der Waals surface area contributed by atoms with Crippen LogP contribution in [0, 0.1) is 6.92 Å². The van der Waals surface area contributed by atoms with Crippen LogP contribution in [-0.2, 0) is 32.6 Å². The molecule has 3 aromatic carbocycles. The summed E-state index contributed by atoms with van der Waals surface area (Å²) in [7, 11) is -3.66. The fourth-order valence-corrected chi connectivity index (χ4v) is 6.31. The predicted molar refractivity (Wildman–Crippen MR) is 176 cm³/mol. The number of halogens is 3. The van der Waals surface area contributed by atoms with Crippen LogP contribution in [0.1, 0.15) is 49.8 Å². The van der Waals surface area contributed by atoms with E-state index in [2.05, 4.69) is 5.32 Å². The average Bonchev–Trinajstić information content (AvgIpc) is 2.95. The molecule has 0 aromatic heterocycles. The van der Waals surface area contributed by atoms with Gasteiger partial charge in [0.05, 0.1) is 11.9 Å². The number of amides is 2. The monoisotopic (exact) mass is 665 g/mol. The highest BCUT2D eigenvalue weighted by Crippen LogP contribution is 2.28. The molecule has 3 rings (SSSR count). The van der Waals surface area contributed by atoms with Crippen molar-refractivity contribution in [2.45, 2.75) is 65.1 Å². The molecule has 0 fully saturated rings. The zero-order valence-corrected chi connectivity index (χ0v) is 27.9. The van der Waals surface area contributed by atoms with Crippen LogP contribution in [0.5, 0.6) is 0 Å². The van der Waals surface area contributed by atoms with Crippen LogP contribution in [-0.4, -0.2) is 50.0 Å². The van der Waals surface area contributed by atoms with Crippen molar-refractivity contribution in [3.05, 3.63) is 98.5 Å². The van der Waals surface area contributed by atoms with Crippen LogP contribution < -0.4 is 9.62 Å². The minimum absolute atomic E-state index is 0.00125. The zero-order valence-electron chi connectivity index (χ0n) is 24.8. The fourth-order valence-electron chi connectivity index (χ4n) is 4.66. The molecule has 0 radical (unpaired) electrons. The van der Waals surface area contributed by atoms with Crippen molar-refractivity contribution in [2.24, 2.45) is 0 Å². The van der Waals surface area contributed by atoms with E-state index in [4.69, 9.17) is 34.8 Å². The van der Waals surface area contributed by atoms with Gasteiger partial charge in [-0.25, -0.2) is 8.42 Å². The summed E-state index contributed by atoms with van der Waals surface area (Å²) in [6, 6.07) is 18.7. The quantitative estimate of drug-likeness (QED) is 0.200. The van der Waals surface area contributed by atoms with Gasteiger partial charge < -0.3 is 10.2 Å². The van der Waals surface area contributed by atoms with E-state index in [0.717, 1.165) is 23.8 Å². The first-order valence-corrected chi connectivity index (χ1v) is 17.1. The summed E-state index contributed by atoms with van der Waals surface area (Å²) < 4.78 is 26.8. The van der Waals surface area contributed by atoms with Crippen LogP contribution in [0.25, 0.3) is 0 Å². The number of rotatable bonds is 14. The van der Waals surface area contributed by atoms with Gasteiger partial charge in [0.1, 0.15) is 6.04 Å². The largest absolute Gasteiger partial charge is 0.352 e. The minimum Gasteiger partial charge on any atom is -0.352 e. The summed E-state index contributed by atoms with van der Waals surface area (Å²) in [6.45, 7) is 5.82. The van der Waals surface area contributed by atoms with Crippen molar-refractivity contribution in [1.29, 1.82) is 0 Å². The third-order valence-electron chi connectivity index (χ3n) is 7.22. The molecule has 0 aliphatic rings. The van der Waals surface area contributed by atoms with Crippen LogP contribution in [0.2, 0.25) is 15.1 Å². The second-order valence-electron chi connectivity index (χ2n) is 10.7. The van der Waals surface area contributed by atoms with Gasteiger partial charge in [0, 0.05) is 47.0 Å². The smallest absolute Gasteiger partial charge is 0.243 e. The van der Waals surface area contributed by atoms with E-state index >= 15 is 0 Å². The van der Waals surface area contributed by atoms with Crippen LogP contribution in [0.15, 0.2) is 66.7 Å². The summed E-state index contributed by atoms with van der Waals surface area (Å²) in [5, 5.41) is 4.28. The molecule has 2 amide bonds. The maximum Gasteiger partial charge on any atom is 0.243 e. The molecule has 0 aliphatic heterocycles. The Labute approximate surface area is 270 Å². The number of nitrogens with zero attached hydrogens (tertiary/aromatic N) is 2. The lowest BCUT2D eigenvalue weighted by Crippen LogP contribution is -2.52. The van der Waals surface area contributed by atoms with E-state index < -0.39 is 16.1 Å². The number of anilines is 1. The Hall–Kier alpha value is -2.78. The number of sulfonamides is 1. The topological polar surface area (TPSA) is 86.8 Å². The van der Waals surface area contributed by atoms with Gasteiger partial charge in [-0.15, -0.1) is 0 Å². The molecule has 43 heavy (non-hydrogen) atoms. The second kappa shape index (κ2) is 15.8. The van der Waals surface area contributed by atoms with E-state index in [1.807, 2.05) is 44.2 Å². The van der Waals surface area contributed by atoms with Gasteiger partial charge in [-0.2, -0.15) is 0 Å². The Bertz CT molecular complexity index is 1520. The summed E-state index contributed by atoms with van der Waals surface area (Å²) in [6.07, 6.45) is 2.36. The third kappa shape index (κ3) is 10.1. The van der Waals surface area contributed by atoms with Gasteiger partial charge >= 0.3 is 0 Å². The number of benzene rings is 3. The number of hydrogen-bond donors (Lipinski definition) is 1. The Kier molecular flexibility index (Phi) is 12.8. The van der Waals surface area contributed by atoms with E-state index in [1.54, 1.807) is 43.3 Å². The standard InChI is InChI=1S/C32H38Cl3N3O4S/c1-5-23(3)36-32(40)30(18-24-10-7-6-8-11-24)37(21-25-14-16-26(33)19-28(25)35)31(39)12-9-17-38(43(4,41)42)29-20-27(34)15-13-22(29)2/h6-8,10-11,13-16,19-20,23,30H,5,9,12,17-18,21H2,1-4H3,(H,36,40). The van der Waals surface area contributed by atoms with Crippen LogP contribution in [0.4, 0.5) is 5.69 Å². The predicted octanol–water partition coefficient (Wildman–Crippen LogP) is 7.06. The van der Waals surface area contributed by atoms with E-state index in [-0.39, 0.29) is 50.2 Å². The Morgan fingerprint density at radius 1 is 0.953 bits per heavy atom. The summed E-state index contributed by atoms with van der Waals surface area (Å²) in [5.41, 5.74) is 2.74. The number of carbonyl (C=O) groups is 2. The van der Waals surface area contributed by atoms with Gasteiger partial charge in [-0.1, -0.05) is 84.2 Å². The number of carbonyl (C=O) groups excluding carboxylic acids is 2.